The highest BCUT2D eigenvalue weighted by atomic mass is 16.1. The van der Waals surface area contributed by atoms with Crippen LogP contribution in [0.25, 0.3) is 22.8 Å². The molecule has 4 aromatic rings. The zero-order valence-electron chi connectivity index (χ0n) is 16.4. The van der Waals surface area contributed by atoms with Crippen LogP contribution in [0.4, 0.5) is 0 Å². The van der Waals surface area contributed by atoms with Gasteiger partial charge in [-0.15, -0.1) is 6.58 Å². The lowest BCUT2D eigenvalue weighted by molar-refractivity contribution is 0.104. The first-order valence-corrected chi connectivity index (χ1v) is 9.38. The van der Waals surface area contributed by atoms with Crippen LogP contribution >= 0.6 is 0 Å². The molecule has 0 aliphatic rings. The Morgan fingerprint density at radius 2 is 1.86 bits per heavy atom. The number of ketones is 1. The van der Waals surface area contributed by atoms with E-state index in [0.717, 1.165) is 33.5 Å². The summed E-state index contributed by atoms with van der Waals surface area (Å²) in [5.41, 5.74) is 7.62. The van der Waals surface area contributed by atoms with Crippen molar-refractivity contribution in [2.75, 3.05) is 0 Å². The molecule has 0 saturated carbocycles. The van der Waals surface area contributed by atoms with Gasteiger partial charge in [0.05, 0.1) is 22.3 Å². The molecule has 0 bridgehead atoms. The van der Waals surface area contributed by atoms with E-state index in [2.05, 4.69) is 42.2 Å². The predicted molar refractivity (Wildman–Crippen MR) is 115 cm³/mol. The van der Waals surface area contributed by atoms with Crippen LogP contribution in [0, 0.1) is 20.8 Å². The van der Waals surface area contributed by atoms with Crippen LogP contribution in [0.5, 0.6) is 0 Å². The van der Waals surface area contributed by atoms with Crippen molar-refractivity contribution in [1.82, 2.24) is 14.2 Å². The third-order valence-corrected chi connectivity index (χ3v) is 5.09. The Kier molecular flexibility index (Phi) is 4.47. The third-order valence-electron chi connectivity index (χ3n) is 5.09. The van der Waals surface area contributed by atoms with Crippen LogP contribution in [0.15, 0.2) is 61.2 Å². The van der Waals surface area contributed by atoms with E-state index in [1.807, 2.05) is 53.9 Å². The maximum atomic E-state index is 13.1. The zero-order valence-corrected chi connectivity index (χ0v) is 16.4. The molecule has 28 heavy (non-hydrogen) atoms. The monoisotopic (exact) mass is 369 g/mol. The van der Waals surface area contributed by atoms with Gasteiger partial charge in [0.2, 0.25) is 0 Å². The number of carbonyl (C=O) groups excluding carboxylic acids is 1. The molecule has 2 aromatic carbocycles. The molecule has 0 amide bonds. The first-order chi connectivity index (χ1) is 13.5. The number of rotatable bonds is 5. The topological polar surface area (TPSA) is 39.3 Å². The normalized spacial score (nSPS) is 11.7. The molecule has 2 heterocycles. The Bertz CT molecular complexity index is 1250. The van der Waals surface area contributed by atoms with Crippen LogP contribution in [-0.4, -0.2) is 20.0 Å². The van der Waals surface area contributed by atoms with E-state index in [1.54, 1.807) is 6.08 Å². The van der Waals surface area contributed by atoms with Crippen LogP contribution in [0.1, 0.15) is 32.7 Å². The quantitative estimate of drug-likeness (QED) is 0.272. The summed E-state index contributed by atoms with van der Waals surface area (Å²) in [6.07, 6.45) is 5.38. The summed E-state index contributed by atoms with van der Waals surface area (Å²) in [5, 5.41) is 4.66. The van der Waals surface area contributed by atoms with Crippen LogP contribution < -0.4 is 0 Å². The highest BCUT2D eigenvalue weighted by Gasteiger charge is 2.21. The third kappa shape index (κ3) is 2.87. The van der Waals surface area contributed by atoms with Crippen molar-refractivity contribution in [3.63, 3.8) is 0 Å². The highest BCUT2D eigenvalue weighted by Crippen LogP contribution is 2.26. The minimum Gasteiger partial charge on any atom is -0.320 e. The zero-order chi connectivity index (χ0) is 19.8. The number of aromatic nitrogens is 3. The molecule has 0 atom stereocenters. The maximum absolute atomic E-state index is 13.1. The van der Waals surface area contributed by atoms with E-state index in [1.165, 1.54) is 5.56 Å². The summed E-state index contributed by atoms with van der Waals surface area (Å²) in [6, 6.07) is 14.3. The average molecular weight is 369 g/mol. The van der Waals surface area contributed by atoms with E-state index in [9.17, 15) is 4.79 Å². The fourth-order valence-corrected chi connectivity index (χ4v) is 3.78. The smallest absolute Gasteiger partial charge is 0.191 e. The fourth-order valence-electron chi connectivity index (χ4n) is 3.78. The summed E-state index contributed by atoms with van der Waals surface area (Å²) in [5.74, 6) is -0.0411. The number of aryl methyl sites for hydroxylation is 3. The van der Waals surface area contributed by atoms with Crippen molar-refractivity contribution < 1.29 is 4.79 Å². The van der Waals surface area contributed by atoms with Gasteiger partial charge in [0, 0.05) is 6.54 Å². The molecule has 0 aliphatic heterocycles. The van der Waals surface area contributed by atoms with Crippen molar-refractivity contribution in [3.05, 3.63) is 89.1 Å². The molecule has 4 heteroatoms. The van der Waals surface area contributed by atoms with E-state index >= 15 is 0 Å². The van der Waals surface area contributed by atoms with E-state index in [4.69, 9.17) is 0 Å². The van der Waals surface area contributed by atoms with Gasteiger partial charge >= 0.3 is 0 Å². The molecule has 140 valence electrons. The van der Waals surface area contributed by atoms with E-state index in [0.29, 0.717) is 12.1 Å². The molecule has 0 unspecified atom stereocenters. The molecular weight excluding hydrogens is 346 g/mol. The Labute approximate surface area is 164 Å². The molecule has 4 nitrogen and oxygen atoms in total. The van der Waals surface area contributed by atoms with E-state index < -0.39 is 0 Å². The predicted octanol–water partition coefficient (Wildman–Crippen LogP) is 5.30. The summed E-state index contributed by atoms with van der Waals surface area (Å²) in [7, 11) is 0. The summed E-state index contributed by atoms with van der Waals surface area (Å²) < 4.78 is 3.97. The number of para-hydroxylation sites is 2. The van der Waals surface area contributed by atoms with Crippen molar-refractivity contribution in [2.24, 2.45) is 0 Å². The van der Waals surface area contributed by atoms with Crippen LogP contribution in [-0.2, 0) is 6.54 Å². The molecule has 2 aromatic heterocycles. The second-order valence-corrected chi connectivity index (χ2v) is 7.14. The molecule has 0 radical (unpaired) electrons. The van der Waals surface area contributed by atoms with Gasteiger partial charge in [-0.2, -0.15) is 5.10 Å². The number of allylic oxidation sites excluding steroid dienone is 2. The van der Waals surface area contributed by atoms with Gasteiger partial charge in [-0.05, 0) is 50.1 Å². The molecule has 0 saturated heterocycles. The van der Waals surface area contributed by atoms with Gasteiger partial charge in [-0.25, -0.2) is 4.52 Å². The Balaban J connectivity index is 1.86. The van der Waals surface area contributed by atoms with Crippen molar-refractivity contribution in [3.8, 4) is 0 Å². The lowest BCUT2D eigenvalue weighted by atomic mass is 10.0. The van der Waals surface area contributed by atoms with Gasteiger partial charge in [-0.1, -0.05) is 48.0 Å². The van der Waals surface area contributed by atoms with Gasteiger partial charge in [-0.3, -0.25) is 4.79 Å². The molecule has 4 rings (SSSR count). The number of carbonyl (C=O) groups is 1. The standard InChI is InChI=1S/C24H23N3O/c1-5-14-26-20-8-6-7-9-21(20)27-24(26)23(18(4)25-27)22(28)13-12-19-11-10-16(2)15-17(19)3/h5-13,15H,1,14H2,2-4H3. The largest absolute Gasteiger partial charge is 0.320 e. The summed E-state index contributed by atoms with van der Waals surface area (Å²) >= 11 is 0. The number of nitrogens with zero attached hydrogens (tertiary/aromatic N) is 3. The SMILES string of the molecule is C=CCn1c2ccccc2n2nc(C)c(C(=O)C=Cc3ccc(C)cc3C)c12. The Hall–Kier alpha value is -3.40. The second kappa shape index (κ2) is 6.97. The molecule has 0 fully saturated rings. The summed E-state index contributed by atoms with van der Waals surface area (Å²) in [6.45, 7) is 10.5. The minimum absolute atomic E-state index is 0.0411. The van der Waals surface area contributed by atoms with Gasteiger partial charge in [0.25, 0.3) is 0 Å². The van der Waals surface area contributed by atoms with Crippen molar-refractivity contribution in [2.45, 2.75) is 27.3 Å². The van der Waals surface area contributed by atoms with Gasteiger partial charge < -0.3 is 4.57 Å². The van der Waals surface area contributed by atoms with Gasteiger partial charge in [0.15, 0.2) is 5.78 Å². The molecular formula is C24H23N3O. The number of fused-ring (bicyclic) bond motifs is 3. The number of hydrogen-bond donors (Lipinski definition) is 0. The van der Waals surface area contributed by atoms with Gasteiger partial charge in [0.1, 0.15) is 5.65 Å². The highest BCUT2D eigenvalue weighted by molar-refractivity contribution is 6.12. The first-order valence-electron chi connectivity index (χ1n) is 9.38. The van der Waals surface area contributed by atoms with Crippen LogP contribution in [0.2, 0.25) is 0 Å². The number of benzene rings is 2. The average Bonchev–Trinajstić information content (AvgIpc) is 3.15. The lowest BCUT2D eigenvalue weighted by Crippen LogP contribution is -2.02. The fraction of sp³-hybridized carbons (Fsp3) is 0.167. The Morgan fingerprint density at radius 1 is 1.11 bits per heavy atom. The molecule has 0 aliphatic carbocycles. The maximum Gasteiger partial charge on any atom is 0.191 e. The number of hydrogen-bond acceptors (Lipinski definition) is 2. The summed E-state index contributed by atoms with van der Waals surface area (Å²) in [4.78, 5) is 13.1. The Morgan fingerprint density at radius 3 is 2.57 bits per heavy atom. The number of imidazole rings is 1. The van der Waals surface area contributed by atoms with E-state index in [-0.39, 0.29) is 5.78 Å². The first kappa shape index (κ1) is 18.0. The second-order valence-electron chi connectivity index (χ2n) is 7.14. The van der Waals surface area contributed by atoms with Crippen LogP contribution in [0.3, 0.4) is 0 Å². The molecule has 0 spiro atoms. The minimum atomic E-state index is -0.0411. The van der Waals surface area contributed by atoms with Crippen molar-refractivity contribution >= 4 is 28.5 Å². The molecule has 0 N–H and O–H groups in total. The van der Waals surface area contributed by atoms with Crippen molar-refractivity contribution in [1.29, 1.82) is 0 Å². The lowest BCUT2D eigenvalue weighted by Gasteiger charge is -2.04.